The van der Waals surface area contributed by atoms with Crippen LogP contribution in [0, 0.1) is 0 Å². The second kappa shape index (κ2) is 7.31. The lowest BCUT2D eigenvalue weighted by Crippen LogP contribution is -2.32. The van der Waals surface area contributed by atoms with Crippen molar-refractivity contribution in [1.82, 2.24) is 15.1 Å². The van der Waals surface area contributed by atoms with Gasteiger partial charge in [0.2, 0.25) is 12.7 Å². The molecule has 1 N–H and O–H groups in total. The first kappa shape index (κ1) is 16.2. The minimum atomic E-state index is -0.155. The summed E-state index contributed by atoms with van der Waals surface area (Å²) in [4.78, 5) is 12.6. The van der Waals surface area contributed by atoms with Gasteiger partial charge in [-0.15, -0.1) is 0 Å². The number of fused-ring (bicyclic) bond motifs is 1. The first-order valence-electron chi connectivity index (χ1n) is 8.48. The zero-order chi connectivity index (χ0) is 17.8. The van der Waals surface area contributed by atoms with Crippen LogP contribution in [0.1, 0.15) is 17.2 Å². The Morgan fingerprint density at radius 1 is 1.12 bits per heavy atom. The van der Waals surface area contributed by atoms with Crippen molar-refractivity contribution in [2.45, 2.75) is 19.0 Å². The van der Waals surface area contributed by atoms with Crippen LogP contribution in [0.2, 0.25) is 0 Å². The van der Waals surface area contributed by atoms with E-state index in [-0.39, 0.29) is 25.2 Å². The topological polar surface area (TPSA) is 65.4 Å². The SMILES string of the molecule is O=C(Cc1ccc2c(c1)OCO2)N[C@H](Cn1cccn1)c1ccccc1. The number of ether oxygens (including phenoxy) is 2. The molecule has 2 aromatic carbocycles. The average Bonchev–Trinajstić information content (AvgIpc) is 3.33. The van der Waals surface area contributed by atoms with Crippen LogP contribution in [-0.4, -0.2) is 22.5 Å². The molecule has 1 aliphatic heterocycles. The number of benzene rings is 2. The van der Waals surface area contributed by atoms with Crippen molar-refractivity contribution in [3.05, 3.63) is 78.1 Å². The Morgan fingerprint density at radius 3 is 2.77 bits per heavy atom. The van der Waals surface area contributed by atoms with Crippen LogP contribution in [0.5, 0.6) is 11.5 Å². The molecule has 0 bridgehead atoms. The number of hydrogen-bond acceptors (Lipinski definition) is 4. The van der Waals surface area contributed by atoms with Crippen molar-refractivity contribution >= 4 is 5.91 Å². The maximum Gasteiger partial charge on any atom is 0.231 e. The maximum absolute atomic E-state index is 12.6. The van der Waals surface area contributed by atoms with E-state index < -0.39 is 0 Å². The fourth-order valence-corrected chi connectivity index (χ4v) is 3.00. The normalized spacial score (nSPS) is 13.4. The molecule has 0 unspecified atom stereocenters. The van der Waals surface area contributed by atoms with Gasteiger partial charge in [-0.3, -0.25) is 9.48 Å². The van der Waals surface area contributed by atoms with Crippen molar-refractivity contribution in [2.75, 3.05) is 6.79 Å². The zero-order valence-electron chi connectivity index (χ0n) is 14.2. The van der Waals surface area contributed by atoms with Gasteiger partial charge in [-0.2, -0.15) is 5.10 Å². The second-order valence-electron chi connectivity index (χ2n) is 6.12. The van der Waals surface area contributed by atoms with Crippen LogP contribution in [0.4, 0.5) is 0 Å². The molecule has 6 heteroatoms. The molecule has 132 valence electrons. The Hall–Kier alpha value is -3.28. The lowest BCUT2D eigenvalue weighted by molar-refractivity contribution is -0.121. The summed E-state index contributed by atoms with van der Waals surface area (Å²) in [6, 6.07) is 17.2. The van der Waals surface area contributed by atoms with E-state index in [0.717, 1.165) is 16.9 Å². The van der Waals surface area contributed by atoms with E-state index in [2.05, 4.69) is 10.4 Å². The number of rotatable bonds is 6. The summed E-state index contributed by atoms with van der Waals surface area (Å²) in [6.45, 7) is 0.800. The summed E-state index contributed by atoms with van der Waals surface area (Å²) in [5.74, 6) is 1.35. The van der Waals surface area contributed by atoms with E-state index in [4.69, 9.17) is 9.47 Å². The van der Waals surface area contributed by atoms with E-state index in [9.17, 15) is 4.79 Å². The lowest BCUT2D eigenvalue weighted by Gasteiger charge is -2.19. The van der Waals surface area contributed by atoms with Gasteiger partial charge in [-0.25, -0.2) is 0 Å². The highest BCUT2D eigenvalue weighted by Crippen LogP contribution is 2.32. The molecule has 0 saturated carbocycles. The Labute approximate surface area is 151 Å². The van der Waals surface area contributed by atoms with Crippen molar-refractivity contribution in [3.63, 3.8) is 0 Å². The summed E-state index contributed by atoms with van der Waals surface area (Å²) < 4.78 is 12.5. The van der Waals surface area contributed by atoms with Gasteiger partial charge in [0, 0.05) is 12.4 Å². The van der Waals surface area contributed by atoms with Crippen LogP contribution in [0.15, 0.2) is 67.0 Å². The predicted octanol–water partition coefficient (Wildman–Crippen LogP) is 2.71. The van der Waals surface area contributed by atoms with Crippen molar-refractivity contribution in [3.8, 4) is 11.5 Å². The van der Waals surface area contributed by atoms with Gasteiger partial charge in [0.05, 0.1) is 19.0 Å². The van der Waals surface area contributed by atoms with Gasteiger partial charge in [-0.1, -0.05) is 36.4 Å². The summed E-state index contributed by atoms with van der Waals surface area (Å²) in [5.41, 5.74) is 1.93. The monoisotopic (exact) mass is 349 g/mol. The van der Waals surface area contributed by atoms with Gasteiger partial charge in [0.25, 0.3) is 0 Å². The molecule has 1 aromatic heterocycles. The minimum absolute atomic E-state index is 0.0510. The first-order chi connectivity index (χ1) is 12.8. The fourth-order valence-electron chi connectivity index (χ4n) is 3.00. The number of nitrogens with zero attached hydrogens (tertiary/aromatic N) is 2. The molecule has 0 saturated heterocycles. The highest BCUT2D eigenvalue weighted by molar-refractivity contribution is 5.79. The van der Waals surface area contributed by atoms with Gasteiger partial charge in [-0.05, 0) is 29.3 Å². The van der Waals surface area contributed by atoms with Crippen molar-refractivity contribution < 1.29 is 14.3 Å². The lowest BCUT2D eigenvalue weighted by atomic mass is 10.1. The van der Waals surface area contributed by atoms with E-state index in [1.807, 2.05) is 65.5 Å². The summed E-state index contributed by atoms with van der Waals surface area (Å²) in [6.07, 6.45) is 3.90. The fraction of sp³-hybridized carbons (Fsp3) is 0.200. The van der Waals surface area contributed by atoms with Crippen LogP contribution in [0.25, 0.3) is 0 Å². The highest BCUT2D eigenvalue weighted by atomic mass is 16.7. The standard InChI is InChI=1S/C20H19N3O3/c24-20(12-15-7-8-18-19(11-15)26-14-25-18)22-17(13-23-10-4-9-21-23)16-5-2-1-3-6-16/h1-11,17H,12-14H2,(H,22,24)/t17-/m1/s1. The third-order valence-electron chi connectivity index (χ3n) is 4.27. The van der Waals surface area contributed by atoms with Gasteiger partial charge < -0.3 is 14.8 Å². The largest absolute Gasteiger partial charge is 0.454 e. The van der Waals surface area contributed by atoms with Crippen LogP contribution in [0.3, 0.4) is 0 Å². The van der Waals surface area contributed by atoms with Crippen molar-refractivity contribution in [1.29, 1.82) is 0 Å². The quantitative estimate of drug-likeness (QED) is 0.743. The molecule has 26 heavy (non-hydrogen) atoms. The summed E-state index contributed by atoms with van der Waals surface area (Å²) >= 11 is 0. The molecule has 0 radical (unpaired) electrons. The molecular weight excluding hydrogens is 330 g/mol. The molecule has 0 spiro atoms. The van der Waals surface area contributed by atoms with E-state index >= 15 is 0 Å². The number of carbonyl (C=O) groups is 1. The van der Waals surface area contributed by atoms with Gasteiger partial charge in [0.15, 0.2) is 11.5 Å². The second-order valence-corrected chi connectivity index (χ2v) is 6.12. The average molecular weight is 349 g/mol. The van der Waals surface area contributed by atoms with E-state index in [0.29, 0.717) is 12.3 Å². The summed E-state index contributed by atoms with van der Waals surface area (Å²) in [7, 11) is 0. The third-order valence-corrected chi connectivity index (χ3v) is 4.27. The number of aromatic nitrogens is 2. The molecule has 1 atom stereocenters. The molecular formula is C20H19N3O3. The Balaban J connectivity index is 1.47. The Kier molecular flexibility index (Phi) is 4.55. The highest BCUT2D eigenvalue weighted by Gasteiger charge is 2.18. The smallest absolute Gasteiger partial charge is 0.231 e. The van der Waals surface area contributed by atoms with Gasteiger partial charge >= 0.3 is 0 Å². The number of nitrogens with one attached hydrogen (secondary N) is 1. The Bertz CT molecular complexity index is 879. The van der Waals surface area contributed by atoms with Crippen LogP contribution < -0.4 is 14.8 Å². The van der Waals surface area contributed by atoms with Gasteiger partial charge in [0.1, 0.15) is 0 Å². The Morgan fingerprint density at radius 2 is 1.96 bits per heavy atom. The molecule has 0 fully saturated rings. The van der Waals surface area contributed by atoms with Crippen molar-refractivity contribution in [2.24, 2.45) is 0 Å². The third kappa shape index (κ3) is 3.69. The maximum atomic E-state index is 12.6. The predicted molar refractivity (Wildman–Crippen MR) is 95.8 cm³/mol. The van der Waals surface area contributed by atoms with Crippen LogP contribution in [-0.2, 0) is 17.8 Å². The molecule has 6 nitrogen and oxygen atoms in total. The molecule has 0 aliphatic carbocycles. The van der Waals surface area contributed by atoms with E-state index in [1.54, 1.807) is 6.20 Å². The molecule has 1 amide bonds. The minimum Gasteiger partial charge on any atom is -0.454 e. The summed E-state index contributed by atoms with van der Waals surface area (Å²) in [5, 5.41) is 7.36. The van der Waals surface area contributed by atoms with E-state index in [1.165, 1.54) is 0 Å². The number of carbonyl (C=O) groups excluding carboxylic acids is 1. The van der Waals surface area contributed by atoms with Crippen LogP contribution >= 0.6 is 0 Å². The first-order valence-corrected chi connectivity index (χ1v) is 8.48. The molecule has 2 heterocycles. The number of hydrogen-bond donors (Lipinski definition) is 1. The number of amides is 1. The molecule has 3 aromatic rings. The molecule has 4 rings (SSSR count). The molecule has 1 aliphatic rings. The zero-order valence-corrected chi connectivity index (χ0v) is 14.2.